The Morgan fingerprint density at radius 3 is 2.50 bits per heavy atom. The van der Waals surface area contributed by atoms with Crippen molar-refractivity contribution in [3.8, 4) is 0 Å². The summed E-state index contributed by atoms with van der Waals surface area (Å²) >= 11 is 0. The van der Waals surface area contributed by atoms with Crippen LogP contribution in [0.4, 0.5) is 0 Å². The molecule has 1 aliphatic carbocycles. The fourth-order valence-electron chi connectivity index (χ4n) is 4.37. The molecule has 118 valence electrons. The lowest BCUT2D eigenvalue weighted by atomic mass is 9.69. The van der Waals surface area contributed by atoms with Gasteiger partial charge in [-0.05, 0) is 32.1 Å². The summed E-state index contributed by atoms with van der Waals surface area (Å²) in [5.41, 5.74) is 3.28. The Morgan fingerprint density at radius 2 is 1.90 bits per heavy atom. The number of hydrogen-bond donors (Lipinski definition) is 2. The molecule has 4 nitrogen and oxygen atoms in total. The monoisotopic (exact) mass is 283 g/mol. The van der Waals surface area contributed by atoms with E-state index >= 15 is 0 Å². The van der Waals surface area contributed by atoms with E-state index in [4.69, 9.17) is 10.6 Å². The van der Waals surface area contributed by atoms with Gasteiger partial charge in [0.2, 0.25) is 0 Å². The molecule has 4 heteroatoms. The number of ether oxygens (including phenoxy) is 1. The number of nitrogens with two attached hydrogens (primary N) is 1. The lowest BCUT2D eigenvalue weighted by molar-refractivity contribution is -0.0403. The third-order valence-corrected chi connectivity index (χ3v) is 5.69. The van der Waals surface area contributed by atoms with Crippen molar-refractivity contribution < 1.29 is 4.74 Å². The maximum absolute atomic E-state index is 6.01. The van der Waals surface area contributed by atoms with Crippen LogP contribution < -0.4 is 11.3 Å². The van der Waals surface area contributed by atoms with Crippen molar-refractivity contribution >= 4 is 0 Å². The van der Waals surface area contributed by atoms with Gasteiger partial charge in [-0.15, -0.1) is 0 Å². The molecule has 0 aromatic carbocycles. The van der Waals surface area contributed by atoms with Crippen LogP contribution in [0, 0.1) is 11.8 Å². The predicted molar refractivity (Wildman–Crippen MR) is 83.3 cm³/mol. The van der Waals surface area contributed by atoms with Crippen LogP contribution in [-0.2, 0) is 4.74 Å². The molecule has 0 aromatic heterocycles. The molecule has 0 bridgehead atoms. The normalized spacial score (nSPS) is 31.2. The first-order valence-electron chi connectivity index (χ1n) is 8.40. The molecule has 3 atom stereocenters. The first-order chi connectivity index (χ1) is 9.61. The van der Waals surface area contributed by atoms with E-state index in [2.05, 4.69) is 31.1 Å². The third kappa shape index (κ3) is 3.35. The second kappa shape index (κ2) is 7.21. The van der Waals surface area contributed by atoms with Gasteiger partial charge in [0.25, 0.3) is 0 Å². The Kier molecular flexibility index (Phi) is 5.84. The highest BCUT2D eigenvalue weighted by atomic mass is 16.5. The fraction of sp³-hybridized carbons (Fsp3) is 1.00. The quantitative estimate of drug-likeness (QED) is 0.599. The van der Waals surface area contributed by atoms with Gasteiger partial charge in [-0.3, -0.25) is 16.2 Å². The van der Waals surface area contributed by atoms with Gasteiger partial charge in [0.1, 0.15) is 0 Å². The number of morpholine rings is 1. The van der Waals surface area contributed by atoms with E-state index in [1.54, 1.807) is 0 Å². The number of hydrogen-bond acceptors (Lipinski definition) is 4. The molecule has 3 N–H and O–H groups in total. The van der Waals surface area contributed by atoms with Crippen LogP contribution in [0.1, 0.15) is 52.9 Å². The van der Waals surface area contributed by atoms with Crippen LogP contribution in [0.3, 0.4) is 0 Å². The van der Waals surface area contributed by atoms with Crippen LogP contribution in [0.25, 0.3) is 0 Å². The zero-order chi connectivity index (χ0) is 14.6. The molecule has 2 fully saturated rings. The van der Waals surface area contributed by atoms with Crippen molar-refractivity contribution in [2.24, 2.45) is 17.7 Å². The van der Waals surface area contributed by atoms with Crippen LogP contribution in [0.15, 0.2) is 0 Å². The zero-order valence-corrected chi connectivity index (χ0v) is 13.5. The molecule has 0 aromatic rings. The molecule has 0 radical (unpaired) electrons. The molecule has 1 aliphatic heterocycles. The van der Waals surface area contributed by atoms with Crippen molar-refractivity contribution in [3.05, 3.63) is 0 Å². The highest BCUT2D eigenvalue weighted by Gasteiger charge is 2.42. The van der Waals surface area contributed by atoms with Crippen molar-refractivity contribution in [1.29, 1.82) is 0 Å². The first kappa shape index (κ1) is 16.2. The smallest absolute Gasteiger partial charge is 0.0594 e. The average Bonchev–Trinajstić information content (AvgIpc) is 2.49. The summed E-state index contributed by atoms with van der Waals surface area (Å²) < 4.78 is 5.50. The Morgan fingerprint density at radius 1 is 1.25 bits per heavy atom. The van der Waals surface area contributed by atoms with Gasteiger partial charge in [-0.25, -0.2) is 0 Å². The molecule has 2 aliphatic rings. The second-order valence-corrected chi connectivity index (χ2v) is 7.01. The van der Waals surface area contributed by atoms with E-state index in [-0.39, 0.29) is 5.54 Å². The number of rotatable bonds is 5. The van der Waals surface area contributed by atoms with E-state index in [1.807, 2.05) is 0 Å². The summed E-state index contributed by atoms with van der Waals surface area (Å²) in [7, 11) is 0. The van der Waals surface area contributed by atoms with E-state index < -0.39 is 0 Å². The summed E-state index contributed by atoms with van der Waals surface area (Å²) in [6, 6.07) is 0.367. The van der Waals surface area contributed by atoms with Crippen LogP contribution >= 0.6 is 0 Å². The summed E-state index contributed by atoms with van der Waals surface area (Å²) in [6.45, 7) is 10.8. The minimum absolute atomic E-state index is 0.0912. The van der Waals surface area contributed by atoms with Crippen molar-refractivity contribution in [3.63, 3.8) is 0 Å². The van der Waals surface area contributed by atoms with E-state index in [0.717, 1.165) is 32.2 Å². The highest BCUT2D eigenvalue weighted by Crippen LogP contribution is 2.39. The molecule has 0 amide bonds. The molecule has 1 saturated heterocycles. The van der Waals surface area contributed by atoms with Crippen LogP contribution in [-0.4, -0.2) is 42.8 Å². The van der Waals surface area contributed by atoms with Gasteiger partial charge in [-0.1, -0.05) is 32.6 Å². The minimum atomic E-state index is 0.0912. The Labute approximate surface area is 124 Å². The largest absolute Gasteiger partial charge is 0.379 e. The number of nitrogens with one attached hydrogen (secondary N) is 1. The van der Waals surface area contributed by atoms with Crippen molar-refractivity contribution in [2.45, 2.75) is 64.5 Å². The molecule has 1 heterocycles. The summed E-state index contributed by atoms with van der Waals surface area (Å²) in [6.07, 6.45) is 6.73. The Bertz CT molecular complexity index is 289. The van der Waals surface area contributed by atoms with Crippen LogP contribution in [0.5, 0.6) is 0 Å². The zero-order valence-electron chi connectivity index (χ0n) is 13.5. The number of nitrogens with zero attached hydrogens (tertiary/aromatic N) is 1. The van der Waals surface area contributed by atoms with Crippen molar-refractivity contribution in [1.82, 2.24) is 10.3 Å². The lowest BCUT2D eigenvalue weighted by Gasteiger charge is -2.50. The van der Waals surface area contributed by atoms with Gasteiger partial charge in [0.05, 0.1) is 13.2 Å². The summed E-state index contributed by atoms with van der Waals surface area (Å²) in [5, 5.41) is 0. The molecule has 1 saturated carbocycles. The Balaban J connectivity index is 2.11. The Hall–Kier alpha value is -0.160. The molecular formula is C16H33N3O. The van der Waals surface area contributed by atoms with E-state index in [1.165, 1.54) is 32.1 Å². The molecule has 3 unspecified atom stereocenters. The fourth-order valence-corrected chi connectivity index (χ4v) is 4.37. The minimum Gasteiger partial charge on any atom is -0.379 e. The third-order valence-electron chi connectivity index (χ3n) is 5.69. The average molecular weight is 283 g/mol. The molecular weight excluding hydrogens is 250 g/mol. The summed E-state index contributed by atoms with van der Waals surface area (Å²) in [5.74, 6) is 7.53. The van der Waals surface area contributed by atoms with Crippen LogP contribution in [0.2, 0.25) is 0 Å². The second-order valence-electron chi connectivity index (χ2n) is 7.01. The standard InChI is InChI=1S/C16H33N3O/c1-4-13-7-5-6-8-14(13)15(18-17)16(2,3)19-9-11-20-12-10-19/h13-15,18H,4-12,17H2,1-3H3. The van der Waals surface area contributed by atoms with Gasteiger partial charge in [0.15, 0.2) is 0 Å². The van der Waals surface area contributed by atoms with E-state index in [0.29, 0.717) is 12.0 Å². The number of hydrazine groups is 1. The maximum Gasteiger partial charge on any atom is 0.0594 e. The van der Waals surface area contributed by atoms with Gasteiger partial charge in [0, 0.05) is 24.7 Å². The summed E-state index contributed by atoms with van der Waals surface area (Å²) in [4.78, 5) is 2.56. The first-order valence-corrected chi connectivity index (χ1v) is 8.40. The van der Waals surface area contributed by atoms with Gasteiger partial charge >= 0.3 is 0 Å². The molecule has 0 spiro atoms. The van der Waals surface area contributed by atoms with E-state index in [9.17, 15) is 0 Å². The lowest BCUT2D eigenvalue weighted by Crippen LogP contribution is -2.65. The SMILES string of the molecule is CCC1CCCCC1C(NN)C(C)(C)N1CCOCC1. The molecule has 2 rings (SSSR count). The van der Waals surface area contributed by atoms with Crippen molar-refractivity contribution in [2.75, 3.05) is 26.3 Å². The predicted octanol–water partition coefficient (Wildman–Crippen LogP) is 2.15. The maximum atomic E-state index is 6.01. The molecule has 20 heavy (non-hydrogen) atoms. The van der Waals surface area contributed by atoms with Gasteiger partial charge < -0.3 is 4.74 Å². The van der Waals surface area contributed by atoms with Gasteiger partial charge in [-0.2, -0.15) is 0 Å². The topological polar surface area (TPSA) is 50.5 Å². The highest BCUT2D eigenvalue weighted by molar-refractivity contribution is 4.99.